The minimum absolute atomic E-state index is 0.157. The first kappa shape index (κ1) is 16.4. The molecule has 2 rings (SSSR count). The van der Waals surface area contributed by atoms with Crippen molar-refractivity contribution in [2.75, 3.05) is 26.2 Å². The molecular weight excluding hydrogens is 263 g/mol. The highest BCUT2D eigenvalue weighted by Gasteiger charge is 2.19. The highest BCUT2D eigenvalue weighted by atomic mass is 19.1. The number of rotatable bonds is 7. The summed E-state index contributed by atoms with van der Waals surface area (Å²) in [6, 6.07) is 7.27. The molecule has 1 aliphatic heterocycles. The Morgan fingerprint density at radius 3 is 2.43 bits per heavy atom. The van der Waals surface area contributed by atoms with Crippen LogP contribution in [0, 0.1) is 11.7 Å². The monoisotopic (exact) mass is 292 g/mol. The van der Waals surface area contributed by atoms with Gasteiger partial charge in [-0.2, -0.15) is 0 Å². The highest BCUT2D eigenvalue weighted by molar-refractivity contribution is 5.19. The van der Waals surface area contributed by atoms with E-state index in [1.165, 1.54) is 37.9 Å². The standard InChI is InChI=1S/C18H29FN2/c1-3-15-9-12-21(13-10-15)14-11-18(20-4-2)16-5-7-17(19)8-6-16/h5-8,15,18,20H,3-4,9-14H2,1-2H3. The SMILES string of the molecule is CCNC(CCN1CCC(CC)CC1)c1ccc(F)cc1. The van der Waals surface area contributed by atoms with Crippen molar-refractivity contribution < 1.29 is 4.39 Å². The molecular formula is C18H29FN2. The number of likely N-dealkylation sites (tertiary alicyclic amines) is 1. The summed E-state index contributed by atoms with van der Waals surface area (Å²) >= 11 is 0. The maximum absolute atomic E-state index is 13.1. The molecule has 1 atom stereocenters. The van der Waals surface area contributed by atoms with Crippen LogP contribution in [0.15, 0.2) is 24.3 Å². The van der Waals surface area contributed by atoms with Gasteiger partial charge >= 0.3 is 0 Å². The summed E-state index contributed by atoms with van der Waals surface area (Å²) in [6.45, 7) is 8.98. The molecule has 0 bridgehead atoms. The molecule has 1 unspecified atom stereocenters. The summed E-state index contributed by atoms with van der Waals surface area (Å²) in [5, 5.41) is 3.53. The largest absolute Gasteiger partial charge is 0.310 e. The van der Waals surface area contributed by atoms with E-state index in [1.54, 1.807) is 12.1 Å². The Kier molecular flexibility index (Phi) is 6.65. The van der Waals surface area contributed by atoms with E-state index in [1.807, 2.05) is 12.1 Å². The zero-order chi connectivity index (χ0) is 15.1. The molecule has 0 saturated carbocycles. The van der Waals surface area contributed by atoms with E-state index < -0.39 is 0 Å². The fourth-order valence-corrected chi connectivity index (χ4v) is 3.26. The number of piperidine rings is 1. The number of nitrogens with one attached hydrogen (secondary N) is 1. The Hall–Kier alpha value is -0.930. The zero-order valence-corrected chi connectivity index (χ0v) is 13.4. The fraction of sp³-hybridized carbons (Fsp3) is 0.667. The first-order valence-electron chi connectivity index (χ1n) is 8.44. The molecule has 21 heavy (non-hydrogen) atoms. The Bertz CT molecular complexity index is 396. The van der Waals surface area contributed by atoms with Gasteiger partial charge in [0.15, 0.2) is 0 Å². The predicted molar refractivity (Wildman–Crippen MR) is 86.9 cm³/mol. The smallest absolute Gasteiger partial charge is 0.123 e. The number of halogens is 1. The van der Waals surface area contributed by atoms with E-state index in [-0.39, 0.29) is 5.82 Å². The zero-order valence-electron chi connectivity index (χ0n) is 13.4. The lowest BCUT2D eigenvalue weighted by Crippen LogP contribution is -2.36. The van der Waals surface area contributed by atoms with Gasteiger partial charge in [-0.15, -0.1) is 0 Å². The predicted octanol–water partition coefficient (Wildman–Crippen LogP) is 3.99. The van der Waals surface area contributed by atoms with Crippen molar-refractivity contribution in [1.82, 2.24) is 10.2 Å². The van der Waals surface area contributed by atoms with Crippen LogP contribution in [0.4, 0.5) is 4.39 Å². The molecule has 1 aromatic carbocycles. The Morgan fingerprint density at radius 1 is 1.19 bits per heavy atom. The maximum atomic E-state index is 13.1. The fourth-order valence-electron chi connectivity index (χ4n) is 3.26. The first-order chi connectivity index (χ1) is 10.2. The molecule has 3 heteroatoms. The molecule has 0 aliphatic carbocycles. The Balaban J connectivity index is 1.84. The van der Waals surface area contributed by atoms with Gasteiger partial charge in [0.2, 0.25) is 0 Å². The molecule has 118 valence electrons. The van der Waals surface area contributed by atoms with Crippen LogP contribution in [0.2, 0.25) is 0 Å². The Labute approximate surface area is 128 Å². The number of hydrogen-bond acceptors (Lipinski definition) is 2. The molecule has 1 N–H and O–H groups in total. The van der Waals surface area contributed by atoms with E-state index in [0.717, 1.165) is 25.4 Å². The van der Waals surface area contributed by atoms with E-state index >= 15 is 0 Å². The van der Waals surface area contributed by atoms with Crippen LogP contribution in [0.1, 0.15) is 51.1 Å². The van der Waals surface area contributed by atoms with Crippen LogP contribution >= 0.6 is 0 Å². The maximum Gasteiger partial charge on any atom is 0.123 e. The van der Waals surface area contributed by atoms with Crippen LogP contribution in [-0.2, 0) is 0 Å². The topological polar surface area (TPSA) is 15.3 Å². The lowest BCUT2D eigenvalue weighted by molar-refractivity contribution is 0.174. The van der Waals surface area contributed by atoms with E-state index in [2.05, 4.69) is 24.1 Å². The third-order valence-electron chi connectivity index (χ3n) is 4.74. The molecule has 1 heterocycles. The van der Waals surface area contributed by atoms with Gasteiger partial charge in [0, 0.05) is 6.04 Å². The molecule has 1 aromatic rings. The first-order valence-corrected chi connectivity index (χ1v) is 8.44. The summed E-state index contributed by atoms with van der Waals surface area (Å²) in [7, 11) is 0. The average molecular weight is 292 g/mol. The van der Waals surface area contributed by atoms with Crippen LogP contribution in [0.3, 0.4) is 0 Å². The number of nitrogens with zero attached hydrogens (tertiary/aromatic N) is 1. The minimum Gasteiger partial charge on any atom is -0.310 e. The summed E-state index contributed by atoms with van der Waals surface area (Å²) in [5.41, 5.74) is 1.20. The summed E-state index contributed by atoms with van der Waals surface area (Å²) < 4.78 is 13.1. The summed E-state index contributed by atoms with van der Waals surface area (Å²) in [5.74, 6) is 0.776. The molecule has 0 aromatic heterocycles. The second-order valence-electron chi connectivity index (χ2n) is 6.14. The molecule has 0 radical (unpaired) electrons. The van der Waals surface area contributed by atoms with Crippen LogP contribution in [0.5, 0.6) is 0 Å². The van der Waals surface area contributed by atoms with E-state index in [0.29, 0.717) is 6.04 Å². The summed E-state index contributed by atoms with van der Waals surface area (Å²) in [4.78, 5) is 2.58. The third-order valence-corrected chi connectivity index (χ3v) is 4.74. The van der Waals surface area contributed by atoms with Gasteiger partial charge in [-0.1, -0.05) is 32.4 Å². The second kappa shape index (κ2) is 8.50. The third kappa shape index (κ3) is 5.08. The quantitative estimate of drug-likeness (QED) is 0.817. The van der Waals surface area contributed by atoms with Crippen LogP contribution < -0.4 is 5.32 Å². The van der Waals surface area contributed by atoms with E-state index in [9.17, 15) is 4.39 Å². The normalized spacial score (nSPS) is 18.8. The minimum atomic E-state index is -0.157. The van der Waals surface area contributed by atoms with Crippen molar-refractivity contribution in [3.8, 4) is 0 Å². The van der Waals surface area contributed by atoms with Gasteiger partial charge in [-0.05, 0) is 69.1 Å². The lowest BCUT2D eigenvalue weighted by atomic mass is 9.94. The van der Waals surface area contributed by atoms with Gasteiger partial charge < -0.3 is 10.2 Å². The highest BCUT2D eigenvalue weighted by Crippen LogP contribution is 2.22. The number of hydrogen-bond donors (Lipinski definition) is 1. The molecule has 2 nitrogen and oxygen atoms in total. The van der Waals surface area contributed by atoms with Crippen molar-refractivity contribution >= 4 is 0 Å². The van der Waals surface area contributed by atoms with Crippen molar-refractivity contribution in [2.45, 2.75) is 45.6 Å². The van der Waals surface area contributed by atoms with Gasteiger partial charge in [-0.3, -0.25) is 0 Å². The van der Waals surface area contributed by atoms with Crippen molar-refractivity contribution in [2.24, 2.45) is 5.92 Å². The lowest BCUT2D eigenvalue weighted by Gasteiger charge is -2.32. The van der Waals surface area contributed by atoms with Crippen LogP contribution in [-0.4, -0.2) is 31.1 Å². The molecule has 1 saturated heterocycles. The van der Waals surface area contributed by atoms with Gasteiger partial charge in [0.1, 0.15) is 5.82 Å². The van der Waals surface area contributed by atoms with Crippen LogP contribution in [0.25, 0.3) is 0 Å². The van der Waals surface area contributed by atoms with Gasteiger partial charge in [0.05, 0.1) is 0 Å². The molecule has 0 amide bonds. The van der Waals surface area contributed by atoms with Gasteiger partial charge in [0.25, 0.3) is 0 Å². The Morgan fingerprint density at radius 2 is 1.86 bits per heavy atom. The summed E-state index contributed by atoms with van der Waals surface area (Å²) in [6.07, 6.45) is 5.11. The van der Waals surface area contributed by atoms with Crippen molar-refractivity contribution in [3.05, 3.63) is 35.6 Å². The second-order valence-corrected chi connectivity index (χ2v) is 6.14. The van der Waals surface area contributed by atoms with Gasteiger partial charge in [-0.25, -0.2) is 4.39 Å². The average Bonchev–Trinajstić information content (AvgIpc) is 2.53. The van der Waals surface area contributed by atoms with E-state index in [4.69, 9.17) is 0 Å². The van der Waals surface area contributed by atoms with Crippen molar-refractivity contribution in [1.29, 1.82) is 0 Å². The molecule has 0 spiro atoms. The molecule has 1 aliphatic rings. The number of benzene rings is 1. The molecule has 1 fully saturated rings. The van der Waals surface area contributed by atoms with Crippen molar-refractivity contribution in [3.63, 3.8) is 0 Å².